The molecule has 1 amide bonds. The van der Waals surface area contributed by atoms with Gasteiger partial charge in [-0.05, 0) is 31.4 Å². The average Bonchev–Trinajstić information content (AvgIpc) is 2.99. The number of carbonyl (C=O) groups is 1. The molecule has 0 radical (unpaired) electrons. The Balaban J connectivity index is 1.68. The van der Waals surface area contributed by atoms with Crippen molar-refractivity contribution in [2.24, 2.45) is 17.1 Å². The summed E-state index contributed by atoms with van der Waals surface area (Å²) in [5, 5.41) is 3.06. The van der Waals surface area contributed by atoms with Gasteiger partial charge in [0.2, 0.25) is 5.91 Å². The van der Waals surface area contributed by atoms with Crippen LogP contribution in [0, 0.1) is 11.3 Å². The molecule has 4 nitrogen and oxygen atoms in total. The fourth-order valence-corrected chi connectivity index (χ4v) is 4.96. The zero-order valence-electron chi connectivity index (χ0n) is 13.6. The molecule has 3 atom stereocenters. The molecule has 122 valence electrons. The van der Waals surface area contributed by atoms with E-state index < -0.39 is 5.54 Å². The Morgan fingerprint density at radius 2 is 2.18 bits per heavy atom. The van der Waals surface area contributed by atoms with Gasteiger partial charge in [-0.3, -0.25) is 4.79 Å². The van der Waals surface area contributed by atoms with E-state index >= 15 is 0 Å². The SMILES string of the molecule is CCc1ccc(CNC(=O)C2(N)C3CCCOC3C2(C)C)s1. The van der Waals surface area contributed by atoms with Crippen molar-refractivity contribution in [1.82, 2.24) is 5.32 Å². The number of hydrogen-bond acceptors (Lipinski definition) is 4. The van der Waals surface area contributed by atoms with Crippen molar-refractivity contribution in [3.05, 3.63) is 21.9 Å². The zero-order chi connectivity index (χ0) is 16.0. The van der Waals surface area contributed by atoms with Crippen LogP contribution >= 0.6 is 11.3 Å². The lowest BCUT2D eigenvalue weighted by atomic mass is 9.46. The number of nitrogens with two attached hydrogens (primary N) is 1. The van der Waals surface area contributed by atoms with Crippen LogP contribution in [-0.2, 0) is 22.5 Å². The molecule has 0 spiro atoms. The first-order chi connectivity index (χ1) is 10.4. The predicted molar refractivity (Wildman–Crippen MR) is 88.7 cm³/mol. The van der Waals surface area contributed by atoms with Crippen molar-refractivity contribution in [2.75, 3.05) is 6.61 Å². The molecular weight excluding hydrogens is 296 g/mol. The van der Waals surface area contributed by atoms with Crippen molar-refractivity contribution in [3.8, 4) is 0 Å². The van der Waals surface area contributed by atoms with Gasteiger partial charge in [0.1, 0.15) is 5.54 Å². The van der Waals surface area contributed by atoms with Crippen LogP contribution in [0.15, 0.2) is 12.1 Å². The molecule has 0 bridgehead atoms. The van der Waals surface area contributed by atoms with Crippen LogP contribution in [0.2, 0.25) is 0 Å². The van der Waals surface area contributed by atoms with Crippen LogP contribution < -0.4 is 11.1 Å². The molecule has 1 aromatic heterocycles. The van der Waals surface area contributed by atoms with Crippen LogP contribution in [0.4, 0.5) is 0 Å². The molecule has 1 aliphatic carbocycles. The lowest BCUT2D eigenvalue weighted by molar-refractivity contribution is -0.225. The normalized spacial score (nSPS) is 32.9. The second-order valence-electron chi connectivity index (χ2n) is 7.04. The summed E-state index contributed by atoms with van der Waals surface area (Å²) in [5.74, 6) is 0.112. The van der Waals surface area contributed by atoms with Gasteiger partial charge in [-0.15, -0.1) is 11.3 Å². The van der Waals surface area contributed by atoms with Crippen molar-refractivity contribution in [3.63, 3.8) is 0 Å². The number of thiophene rings is 1. The molecule has 3 rings (SSSR count). The summed E-state index contributed by atoms with van der Waals surface area (Å²) in [4.78, 5) is 15.3. The Hall–Kier alpha value is -0.910. The summed E-state index contributed by atoms with van der Waals surface area (Å²) >= 11 is 1.75. The highest BCUT2D eigenvalue weighted by Gasteiger charge is 2.70. The minimum atomic E-state index is -0.817. The molecule has 2 heterocycles. The van der Waals surface area contributed by atoms with Crippen molar-refractivity contribution in [1.29, 1.82) is 0 Å². The standard InChI is InChI=1S/C17H26N2O2S/c1-4-11-7-8-12(22-11)10-19-15(20)17(18)13-6-5-9-21-14(13)16(17,2)3/h7-8,13-14H,4-6,9-10,18H2,1-3H3,(H,19,20). The van der Waals surface area contributed by atoms with E-state index in [-0.39, 0.29) is 23.3 Å². The van der Waals surface area contributed by atoms with Crippen molar-refractivity contribution < 1.29 is 9.53 Å². The minimum absolute atomic E-state index is 0.0318. The molecule has 3 N–H and O–H groups in total. The maximum Gasteiger partial charge on any atom is 0.241 e. The molecule has 1 saturated carbocycles. The number of fused-ring (bicyclic) bond motifs is 1. The largest absolute Gasteiger partial charge is 0.377 e. The molecule has 22 heavy (non-hydrogen) atoms. The second-order valence-corrected chi connectivity index (χ2v) is 8.29. The monoisotopic (exact) mass is 322 g/mol. The van der Waals surface area contributed by atoms with Crippen LogP contribution in [-0.4, -0.2) is 24.2 Å². The maximum absolute atomic E-state index is 12.8. The van der Waals surface area contributed by atoms with Gasteiger partial charge in [-0.25, -0.2) is 0 Å². The van der Waals surface area contributed by atoms with Gasteiger partial charge in [0.25, 0.3) is 0 Å². The molecule has 1 aromatic rings. The summed E-state index contributed by atoms with van der Waals surface area (Å²) in [6.07, 6.45) is 3.13. The number of ether oxygens (including phenoxy) is 1. The number of hydrogen-bond donors (Lipinski definition) is 2. The molecular formula is C17H26N2O2S. The maximum atomic E-state index is 12.8. The Kier molecular flexibility index (Phi) is 4.08. The van der Waals surface area contributed by atoms with Crippen molar-refractivity contribution in [2.45, 2.75) is 58.2 Å². The minimum Gasteiger partial charge on any atom is -0.377 e. The molecule has 1 aliphatic heterocycles. The lowest BCUT2D eigenvalue weighted by Gasteiger charge is -2.65. The van der Waals surface area contributed by atoms with Crippen LogP contribution in [0.5, 0.6) is 0 Å². The van der Waals surface area contributed by atoms with Crippen molar-refractivity contribution >= 4 is 17.2 Å². The molecule has 2 aliphatic rings. The van der Waals surface area contributed by atoms with Gasteiger partial charge in [-0.1, -0.05) is 20.8 Å². The number of amides is 1. The Bertz CT molecular complexity index is 569. The Morgan fingerprint density at radius 3 is 2.86 bits per heavy atom. The first kappa shape index (κ1) is 16.0. The fraction of sp³-hybridized carbons (Fsp3) is 0.706. The summed E-state index contributed by atoms with van der Waals surface area (Å²) in [7, 11) is 0. The van der Waals surface area contributed by atoms with Crippen LogP contribution in [0.25, 0.3) is 0 Å². The zero-order valence-corrected chi connectivity index (χ0v) is 14.5. The summed E-state index contributed by atoms with van der Waals surface area (Å²) in [6, 6.07) is 4.22. The number of rotatable bonds is 4. The van der Waals surface area contributed by atoms with Crippen LogP contribution in [0.3, 0.4) is 0 Å². The van der Waals surface area contributed by atoms with E-state index in [0.29, 0.717) is 6.54 Å². The average molecular weight is 322 g/mol. The van der Waals surface area contributed by atoms with E-state index in [2.05, 4.69) is 38.2 Å². The Morgan fingerprint density at radius 1 is 1.45 bits per heavy atom. The molecule has 0 aromatic carbocycles. The third-order valence-corrected chi connectivity index (χ3v) is 6.78. The van der Waals surface area contributed by atoms with Gasteiger partial charge in [-0.2, -0.15) is 0 Å². The highest BCUT2D eigenvalue weighted by atomic mass is 32.1. The second kappa shape index (κ2) is 5.62. The highest BCUT2D eigenvalue weighted by Crippen LogP contribution is 2.57. The van der Waals surface area contributed by atoms with Gasteiger partial charge in [0.05, 0.1) is 12.6 Å². The molecule has 2 fully saturated rings. The van der Waals surface area contributed by atoms with E-state index in [0.717, 1.165) is 25.9 Å². The topological polar surface area (TPSA) is 64.4 Å². The number of nitrogens with one attached hydrogen (secondary N) is 1. The third-order valence-electron chi connectivity index (χ3n) is 5.55. The molecule has 3 unspecified atom stereocenters. The summed E-state index contributed by atoms with van der Waals surface area (Å²) in [5.41, 5.74) is 5.46. The predicted octanol–water partition coefficient (Wildman–Crippen LogP) is 2.46. The van der Waals surface area contributed by atoms with Gasteiger partial charge in [0.15, 0.2) is 0 Å². The number of aryl methyl sites for hydroxylation is 1. The van der Waals surface area contributed by atoms with Gasteiger partial charge < -0.3 is 15.8 Å². The first-order valence-electron chi connectivity index (χ1n) is 8.17. The van der Waals surface area contributed by atoms with Gasteiger partial charge >= 0.3 is 0 Å². The molecule has 1 saturated heterocycles. The third kappa shape index (κ3) is 2.22. The fourth-order valence-electron chi connectivity index (χ4n) is 4.06. The highest BCUT2D eigenvalue weighted by molar-refractivity contribution is 7.11. The first-order valence-corrected chi connectivity index (χ1v) is 8.99. The van der Waals surface area contributed by atoms with E-state index in [1.165, 1.54) is 9.75 Å². The lowest BCUT2D eigenvalue weighted by Crippen LogP contribution is -2.82. The van der Waals surface area contributed by atoms with E-state index in [4.69, 9.17) is 10.5 Å². The summed E-state index contributed by atoms with van der Waals surface area (Å²) < 4.78 is 5.86. The Labute approximate surface area is 136 Å². The smallest absolute Gasteiger partial charge is 0.241 e. The van der Waals surface area contributed by atoms with Gasteiger partial charge in [0, 0.05) is 27.7 Å². The quantitative estimate of drug-likeness (QED) is 0.895. The number of carbonyl (C=O) groups excluding carboxylic acids is 1. The van der Waals surface area contributed by atoms with E-state index in [1.807, 2.05) is 0 Å². The van der Waals surface area contributed by atoms with E-state index in [1.54, 1.807) is 11.3 Å². The van der Waals surface area contributed by atoms with Crippen LogP contribution in [0.1, 0.15) is 43.4 Å². The van der Waals surface area contributed by atoms with E-state index in [9.17, 15) is 4.79 Å². The summed E-state index contributed by atoms with van der Waals surface area (Å²) in [6.45, 7) is 7.61. The molecule has 5 heteroatoms.